The predicted octanol–water partition coefficient (Wildman–Crippen LogP) is 1.93. The van der Waals surface area contributed by atoms with E-state index < -0.39 is 41.4 Å². The summed E-state index contributed by atoms with van der Waals surface area (Å²) in [4.78, 5) is 67.0. The lowest BCUT2D eigenvalue weighted by molar-refractivity contribution is -0.145. The van der Waals surface area contributed by atoms with Gasteiger partial charge >= 0.3 is 5.97 Å². The van der Waals surface area contributed by atoms with Gasteiger partial charge < -0.3 is 25.6 Å². The highest BCUT2D eigenvalue weighted by Crippen LogP contribution is 2.22. The van der Waals surface area contributed by atoms with Gasteiger partial charge in [-0.2, -0.15) is 0 Å². The number of amides is 4. The van der Waals surface area contributed by atoms with E-state index in [1.807, 2.05) is 19.9 Å². The van der Waals surface area contributed by atoms with Crippen molar-refractivity contribution in [3.05, 3.63) is 35.9 Å². The molecule has 1 aromatic carbocycles. The van der Waals surface area contributed by atoms with E-state index >= 15 is 0 Å². The molecule has 10 nitrogen and oxygen atoms in total. The molecular formula is C28H40N4O6. The van der Waals surface area contributed by atoms with E-state index in [2.05, 4.69) is 16.0 Å². The molecule has 2 aliphatic heterocycles. The quantitative estimate of drug-likeness (QED) is 0.349. The third kappa shape index (κ3) is 6.90. The molecule has 4 amide bonds. The third-order valence-corrected chi connectivity index (χ3v) is 7.43. The molecule has 2 aliphatic rings. The van der Waals surface area contributed by atoms with Crippen molar-refractivity contribution < 1.29 is 28.7 Å². The minimum Gasteiger partial charge on any atom is -0.462 e. The third-order valence-electron chi connectivity index (χ3n) is 7.43. The lowest BCUT2D eigenvalue weighted by atomic mass is 9.93. The maximum absolute atomic E-state index is 13.4. The minimum atomic E-state index is -1.26. The van der Waals surface area contributed by atoms with E-state index in [4.69, 9.17) is 4.74 Å². The molecule has 0 spiro atoms. The Morgan fingerprint density at radius 1 is 1.08 bits per heavy atom. The fourth-order valence-corrected chi connectivity index (χ4v) is 4.77. The summed E-state index contributed by atoms with van der Waals surface area (Å²) in [7, 11) is 0. The van der Waals surface area contributed by atoms with Crippen LogP contribution in [0.1, 0.15) is 76.6 Å². The van der Waals surface area contributed by atoms with Gasteiger partial charge in [-0.3, -0.25) is 19.2 Å². The average Bonchev–Trinajstić information content (AvgIpc) is 3.40. The first kappa shape index (κ1) is 29.1. The summed E-state index contributed by atoms with van der Waals surface area (Å²) in [6, 6.07) is 6.29. The maximum Gasteiger partial charge on any atom is 0.338 e. The highest BCUT2D eigenvalue weighted by atomic mass is 16.5. The topological polar surface area (TPSA) is 134 Å². The van der Waals surface area contributed by atoms with Crippen LogP contribution in [0.25, 0.3) is 0 Å². The number of hydrogen-bond acceptors (Lipinski definition) is 6. The lowest BCUT2D eigenvalue weighted by Crippen LogP contribution is -2.65. The molecule has 0 saturated carbocycles. The molecule has 1 aromatic rings. The molecule has 0 aromatic heterocycles. The van der Waals surface area contributed by atoms with Crippen LogP contribution in [-0.2, 0) is 23.9 Å². The Balaban J connectivity index is 1.72. The number of nitrogens with zero attached hydrogens (tertiary/aromatic N) is 1. The van der Waals surface area contributed by atoms with Crippen molar-refractivity contribution in [2.75, 3.05) is 13.2 Å². The van der Waals surface area contributed by atoms with Gasteiger partial charge in [0.1, 0.15) is 23.7 Å². The second-order valence-corrected chi connectivity index (χ2v) is 10.6. The summed E-state index contributed by atoms with van der Waals surface area (Å²) in [5.41, 5.74) is -0.798. The van der Waals surface area contributed by atoms with Gasteiger partial charge in [-0.05, 0) is 63.5 Å². The standard InChI is InChI=1S/C28H40N4O6/c1-5-28(4)27(37)30-22(18(2)3)25(35)32-16-11-15-21(32)24(34)29-20(23(33)31-28)14-9-10-17-38-26(36)19-12-7-6-8-13-19/h6-8,12-13,18,20-22H,5,9-11,14-17H2,1-4H3,(H,29,34)(H,30,37)(H,31,33)/t20-,21+,22-,28-/m0/s1. The molecule has 10 heteroatoms. The number of benzene rings is 1. The van der Waals surface area contributed by atoms with Gasteiger partial charge in [-0.25, -0.2) is 4.79 Å². The number of carbonyl (C=O) groups excluding carboxylic acids is 5. The summed E-state index contributed by atoms with van der Waals surface area (Å²) < 4.78 is 5.32. The van der Waals surface area contributed by atoms with Gasteiger partial charge in [0.25, 0.3) is 0 Å². The minimum absolute atomic E-state index is 0.173. The molecule has 0 radical (unpaired) electrons. The summed E-state index contributed by atoms with van der Waals surface area (Å²) in [6.45, 7) is 7.68. The Morgan fingerprint density at radius 2 is 1.79 bits per heavy atom. The molecule has 38 heavy (non-hydrogen) atoms. The Morgan fingerprint density at radius 3 is 2.45 bits per heavy atom. The molecular weight excluding hydrogens is 488 g/mol. The normalized spacial score (nSPS) is 26.6. The maximum atomic E-state index is 13.4. The second-order valence-electron chi connectivity index (χ2n) is 10.6. The predicted molar refractivity (Wildman–Crippen MR) is 141 cm³/mol. The number of ether oxygens (including phenoxy) is 1. The van der Waals surface area contributed by atoms with Crippen molar-refractivity contribution in [3.63, 3.8) is 0 Å². The number of fused-ring (bicyclic) bond motifs is 1. The van der Waals surface area contributed by atoms with Gasteiger partial charge in [-0.15, -0.1) is 0 Å². The average molecular weight is 529 g/mol. The van der Waals surface area contributed by atoms with Gasteiger partial charge in [0.05, 0.1) is 12.2 Å². The second kappa shape index (κ2) is 12.9. The molecule has 208 valence electrons. The number of unbranched alkanes of at least 4 members (excludes halogenated alkanes) is 1. The smallest absolute Gasteiger partial charge is 0.338 e. The van der Waals surface area contributed by atoms with Gasteiger partial charge in [-0.1, -0.05) is 39.0 Å². The summed E-state index contributed by atoms with van der Waals surface area (Å²) in [5.74, 6) is -2.17. The van der Waals surface area contributed by atoms with Crippen molar-refractivity contribution in [1.29, 1.82) is 0 Å². The van der Waals surface area contributed by atoms with Crippen molar-refractivity contribution in [1.82, 2.24) is 20.9 Å². The molecule has 2 saturated heterocycles. The zero-order valence-corrected chi connectivity index (χ0v) is 22.7. The molecule has 2 fully saturated rings. The van der Waals surface area contributed by atoms with Crippen LogP contribution in [0.3, 0.4) is 0 Å². The van der Waals surface area contributed by atoms with E-state index in [1.165, 1.54) is 4.90 Å². The van der Waals surface area contributed by atoms with Crippen molar-refractivity contribution in [2.45, 2.75) is 89.9 Å². The molecule has 0 aliphatic carbocycles. The van der Waals surface area contributed by atoms with E-state index in [1.54, 1.807) is 38.1 Å². The molecule has 4 atom stereocenters. The van der Waals surface area contributed by atoms with Crippen LogP contribution < -0.4 is 16.0 Å². The summed E-state index contributed by atoms with van der Waals surface area (Å²) in [5, 5.41) is 8.51. The van der Waals surface area contributed by atoms with Crippen molar-refractivity contribution in [3.8, 4) is 0 Å². The first-order valence-corrected chi connectivity index (χ1v) is 13.5. The molecule has 0 unspecified atom stereocenters. The SMILES string of the molecule is CC[C@]1(C)NC(=O)[C@H](CCCCOC(=O)c2ccccc2)NC(=O)[C@H]2CCCN2C(=O)[C@H](C(C)C)NC1=O. The summed E-state index contributed by atoms with van der Waals surface area (Å²) in [6.07, 6.45) is 2.74. The zero-order valence-electron chi connectivity index (χ0n) is 22.7. The largest absolute Gasteiger partial charge is 0.462 e. The van der Waals surface area contributed by atoms with E-state index in [0.29, 0.717) is 44.2 Å². The zero-order chi connectivity index (χ0) is 27.9. The first-order chi connectivity index (χ1) is 18.1. The van der Waals surface area contributed by atoms with Crippen molar-refractivity contribution in [2.24, 2.45) is 5.92 Å². The summed E-state index contributed by atoms with van der Waals surface area (Å²) >= 11 is 0. The Kier molecular flexibility index (Phi) is 9.88. The highest BCUT2D eigenvalue weighted by molar-refractivity contribution is 5.99. The fourth-order valence-electron chi connectivity index (χ4n) is 4.77. The van der Waals surface area contributed by atoms with Gasteiger partial charge in [0.15, 0.2) is 0 Å². The molecule has 3 N–H and O–H groups in total. The Hall–Kier alpha value is -3.43. The van der Waals surface area contributed by atoms with Gasteiger partial charge in [0.2, 0.25) is 23.6 Å². The number of esters is 1. The Labute approximate surface area is 224 Å². The Bertz CT molecular complexity index is 1030. The molecule has 3 rings (SSSR count). The molecule has 2 heterocycles. The van der Waals surface area contributed by atoms with Gasteiger partial charge in [0, 0.05) is 6.54 Å². The number of rotatable bonds is 8. The van der Waals surface area contributed by atoms with E-state index in [9.17, 15) is 24.0 Å². The highest BCUT2D eigenvalue weighted by Gasteiger charge is 2.43. The van der Waals surface area contributed by atoms with E-state index in [-0.39, 0.29) is 30.8 Å². The van der Waals surface area contributed by atoms with Crippen LogP contribution in [0.4, 0.5) is 0 Å². The van der Waals surface area contributed by atoms with Crippen molar-refractivity contribution >= 4 is 29.6 Å². The molecule has 0 bridgehead atoms. The van der Waals surface area contributed by atoms with Crippen LogP contribution in [0.2, 0.25) is 0 Å². The van der Waals surface area contributed by atoms with Crippen LogP contribution in [0.15, 0.2) is 30.3 Å². The number of hydrogen-bond donors (Lipinski definition) is 3. The van der Waals surface area contributed by atoms with Crippen LogP contribution in [0, 0.1) is 5.92 Å². The number of nitrogens with one attached hydrogen (secondary N) is 3. The first-order valence-electron chi connectivity index (χ1n) is 13.5. The number of carbonyl (C=O) groups is 5. The van der Waals surface area contributed by atoms with Crippen LogP contribution in [0.5, 0.6) is 0 Å². The van der Waals surface area contributed by atoms with Crippen LogP contribution >= 0.6 is 0 Å². The monoisotopic (exact) mass is 528 g/mol. The fraction of sp³-hybridized carbons (Fsp3) is 0.607. The van der Waals surface area contributed by atoms with E-state index in [0.717, 1.165) is 0 Å². The lowest BCUT2D eigenvalue weighted by Gasteiger charge is -2.36. The van der Waals surface area contributed by atoms with Crippen LogP contribution in [-0.4, -0.2) is 71.3 Å².